The summed E-state index contributed by atoms with van der Waals surface area (Å²) in [5, 5.41) is 0.966. The van der Waals surface area contributed by atoms with Crippen molar-refractivity contribution in [1.82, 2.24) is 0 Å². The van der Waals surface area contributed by atoms with E-state index in [1.807, 2.05) is 0 Å². The molecule has 0 aromatic rings. The van der Waals surface area contributed by atoms with Gasteiger partial charge in [-0.25, -0.2) is 0 Å². The summed E-state index contributed by atoms with van der Waals surface area (Å²) in [6.45, 7) is 1.39. The summed E-state index contributed by atoms with van der Waals surface area (Å²) in [4.78, 5) is 0. The average Bonchev–Trinajstić information content (AvgIpc) is 2.85. The van der Waals surface area contributed by atoms with Crippen molar-refractivity contribution in [3.8, 4) is 0 Å². The van der Waals surface area contributed by atoms with Gasteiger partial charge in [0.25, 0.3) is 0 Å². The van der Waals surface area contributed by atoms with Crippen molar-refractivity contribution in [2.45, 2.75) is 83.3 Å². The lowest BCUT2D eigenvalue weighted by molar-refractivity contribution is -0.433. The zero-order valence-corrected chi connectivity index (χ0v) is 24.0. The summed E-state index contributed by atoms with van der Waals surface area (Å²) in [5.74, 6) is -64.9. The minimum absolute atomic E-state index is 0.139. The second-order valence-corrected chi connectivity index (χ2v) is 11.5. The third-order valence-electron chi connectivity index (χ3n) is 4.72. The summed E-state index contributed by atoms with van der Waals surface area (Å²) < 4.78 is 375. The highest BCUT2D eigenvalue weighted by atomic mass is 32.2. The molecule has 8 nitrogen and oxygen atoms in total. The molecule has 36 heteroatoms. The largest absolute Gasteiger partial charge is 0.460 e. The third-order valence-corrected chi connectivity index (χ3v) is 6.53. The lowest BCUT2D eigenvalue weighted by Crippen LogP contribution is -2.71. The van der Waals surface area contributed by atoms with Gasteiger partial charge in [-0.2, -0.15) is 131 Å². The Bertz CT molecular complexity index is 1290. The fraction of sp³-hybridized carbons (Fsp3) is 1.00. The molecule has 4 N–H and O–H groups in total. The van der Waals surface area contributed by atoms with E-state index in [4.69, 9.17) is 19.3 Å². The second kappa shape index (κ2) is 14.3. The standard InChI is InChI=1S/2C6HF13O3S.C3H8O2/c2*7-1(8,3(11,12)5(15,16)17)2(9,10)4(13,14)6(18,19)23(20,21)22;1-3(5)2-4/h2*(H,20,21,22);3-5H,2H2,1H3. The fourth-order valence-electron chi connectivity index (χ4n) is 1.83. The molecule has 0 aliphatic rings. The number of hydrogen-bond acceptors (Lipinski definition) is 6. The maximum atomic E-state index is 12.7. The molecule has 0 rings (SSSR count). The van der Waals surface area contributed by atoms with Crippen LogP contribution in [-0.2, 0) is 20.2 Å². The monoisotopic (exact) mass is 876 g/mol. The summed E-state index contributed by atoms with van der Waals surface area (Å²) in [6, 6.07) is 0. The molecule has 0 fully saturated rings. The molecule has 0 saturated heterocycles. The Hall–Kier alpha value is -2.08. The molecule has 0 spiro atoms. The van der Waals surface area contributed by atoms with Crippen LogP contribution in [0.25, 0.3) is 0 Å². The molecule has 0 aliphatic heterocycles. The maximum Gasteiger partial charge on any atom is 0.460 e. The van der Waals surface area contributed by atoms with Crippen molar-refractivity contribution in [1.29, 1.82) is 0 Å². The van der Waals surface area contributed by atoms with Crippen LogP contribution >= 0.6 is 0 Å². The van der Waals surface area contributed by atoms with Gasteiger partial charge in [-0.3, -0.25) is 9.11 Å². The SMILES string of the molecule is CC(O)CO.O=S(=O)(O)C(F)(F)C(F)(F)C(F)(F)C(F)(F)C(F)(F)C(F)(F)F.O=S(=O)(O)C(F)(F)C(F)(F)C(F)(F)C(F)(F)C(F)(F)C(F)(F)F. The van der Waals surface area contributed by atoms with Crippen LogP contribution in [0.5, 0.6) is 0 Å². The zero-order chi connectivity index (χ0) is 43.3. The topological polar surface area (TPSA) is 149 Å². The molecule has 0 aromatic heterocycles. The van der Waals surface area contributed by atoms with Crippen molar-refractivity contribution < 1.29 is 150 Å². The van der Waals surface area contributed by atoms with E-state index in [0.29, 0.717) is 0 Å². The van der Waals surface area contributed by atoms with Gasteiger partial charge in [0.05, 0.1) is 12.7 Å². The van der Waals surface area contributed by atoms with Gasteiger partial charge in [0.2, 0.25) is 0 Å². The minimum atomic E-state index is -8.25. The van der Waals surface area contributed by atoms with Gasteiger partial charge in [-0.1, -0.05) is 0 Å². The lowest BCUT2D eigenvalue weighted by atomic mass is 9.98. The van der Waals surface area contributed by atoms with Gasteiger partial charge in [0.15, 0.2) is 0 Å². The van der Waals surface area contributed by atoms with Crippen LogP contribution in [-0.4, -0.2) is 119 Å². The molecule has 0 aromatic carbocycles. The Kier molecular flexibility index (Phi) is 14.9. The second-order valence-electron chi connectivity index (χ2n) is 8.61. The number of aliphatic hydroxyl groups is 2. The predicted octanol–water partition coefficient (Wildman–Crippen LogP) is 6.50. The number of alkyl halides is 26. The Morgan fingerprint density at radius 3 is 0.627 bits per heavy atom. The molecule has 0 radical (unpaired) electrons. The maximum absolute atomic E-state index is 12.7. The minimum Gasteiger partial charge on any atom is -0.394 e. The van der Waals surface area contributed by atoms with Crippen LogP contribution in [0.4, 0.5) is 114 Å². The lowest BCUT2D eigenvalue weighted by Gasteiger charge is -2.38. The Balaban J connectivity index is -0.000000796. The van der Waals surface area contributed by atoms with Crippen LogP contribution in [0.15, 0.2) is 0 Å². The first-order valence-electron chi connectivity index (χ1n) is 10.4. The number of hydrogen-bond donors (Lipinski definition) is 4. The molecule has 0 saturated carbocycles. The first-order valence-corrected chi connectivity index (χ1v) is 13.3. The Labute approximate surface area is 261 Å². The first-order chi connectivity index (χ1) is 21.3. The van der Waals surface area contributed by atoms with E-state index < -0.39 is 96.6 Å². The first kappa shape index (κ1) is 53.3. The van der Waals surface area contributed by atoms with E-state index in [1.165, 1.54) is 6.92 Å². The third kappa shape index (κ3) is 8.68. The molecular weight excluding hydrogens is 866 g/mol. The quantitative estimate of drug-likeness (QED) is 0.136. The fourth-order valence-corrected chi connectivity index (χ4v) is 2.74. The summed E-state index contributed by atoms with van der Waals surface area (Å²) >= 11 is 0. The van der Waals surface area contributed by atoms with Crippen molar-refractivity contribution >= 4 is 20.2 Å². The number of rotatable bonds is 11. The van der Waals surface area contributed by atoms with Crippen LogP contribution in [0.2, 0.25) is 0 Å². The molecular formula is C15H10F26O8S2. The van der Waals surface area contributed by atoms with E-state index in [9.17, 15) is 131 Å². The van der Waals surface area contributed by atoms with Gasteiger partial charge < -0.3 is 10.2 Å². The van der Waals surface area contributed by atoms with Gasteiger partial charge >= 0.3 is 90.5 Å². The van der Waals surface area contributed by atoms with Crippen LogP contribution in [0.1, 0.15) is 6.92 Å². The normalized spacial score (nSPS) is 16.5. The Morgan fingerprint density at radius 1 is 0.392 bits per heavy atom. The molecule has 1 atom stereocenters. The molecule has 0 heterocycles. The number of halogens is 26. The van der Waals surface area contributed by atoms with Crippen molar-refractivity contribution in [3.05, 3.63) is 0 Å². The van der Waals surface area contributed by atoms with Crippen LogP contribution in [0.3, 0.4) is 0 Å². The van der Waals surface area contributed by atoms with Gasteiger partial charge in [0.1, 0.15) is 0 Å². The van der Waals surface area contributed by atoms with Crippen LogP contribution < -0.4 is 0 Å². The van der Waals surface area contributed by atoms with Gasteiger partial charge in [-0.15, -0.1) is 0 Å². The average molecular weight is 876 g/mol. The van der Waals surface area contributed by atoms with E-state index >= 15 is 0 Å². The zero-order valence-electron chi connectivity index (χ0n) is 22.3. The number of aliphatic hydroxyl groups excluding tert-OH is 2. The Morgan fingerprint density at radius 2 is 0.529 bits per heavy atom. The molecule has 1 unspecified atom stereocenters. The van der Waals surface area contributed by atoms with E-state index in [0.717, 1.165) is 0 Å². The van der Waals surface area contributed by atoms with Crippen molar-refractivity contribution in [2.24, 2.45) is 0 Å². The highest BCUT2D eigenvalue weighted by Gasteiger charge is 2.94. The highest BCUT2D eigenvalue weighted by Crippen LogP contribution is 2.62. The highest BCUT2D eigenvalue weighted by molar-refractivity contribution is 7.87. The van der Waals surface area contributed by atoms with Crippen molar-refractivity contribution in [3.63, 3.8) is 0 Å². The molecule has 0 aliphatic carbocycles. The van der Waals surface area contributed by atoms with E-state index in [-0.39, 0.29) is 6.61 Å². The molecule has 0 amide bonds. The predicted molar refractivity (Wildman–Crippen MR) is 103 cm³/mol. The summed E-state index contributed by atoms with van der Waals surface area (Å²) in [5.41, 5.74) is 0. The van der Waals surface area contributed by atoms with E-state index in [2.05, 4.69) is 0 Å². The van der Waals surface area contributed by atoms with Gasteiger partial charge in [-0.05, 0) is 6.92 Å². The molecule has 0 bridgehead atoms. The van der Waals surface area contributed by atoms with Crippen molar-refractivity contribution in [2.75, 3.05) is 6.61 Å². The molecule has 51 heavy (non-hydrogen) atoms. The summed E-state index contributed by atoms with van der Waals surface area (Å²) in [6.07, 6.45) is -15.7. The van der Waals surface area contributed by atoms with E-state index in [1.54, 1.807) is 0 Å². The van der Waals surface area contributed by atoms with Gasteiger partial charge in [0, 0.05) is 0 Å². The summed E-state index contributed by atoms with van der Waals surface area (Å²) in [7, 11) is -15.2. The smallest absolute Gasteiger partial charge is 0.394 e. The van der Waals surface area contributed by atoms with Crippen LogP contribution in [0, 0.1) is 0 Å². The molecule has 312 valence electrons.